The van der Waals surface area contributed by atoms with Crippen LogP contribution in [0.2, 0.25) is 0 Å². The minimum Gasteiger partial charge on any atom is -0.485 e. The molecule has 0 fully saturated rings. The van der Waals surface area contributed by atoms with Crippen molar-refractivity contribution in [2.45, 2.75) is 33.7 Å². The zero-order valence-corrected chi connectivity index (χ0v) is 20.7. The summed E-state index contributed by atoms with van der Waals surface area (Å²) < 4.78 is 16.9. The number of Topliss-reactive ketones (excluding diaryl/α,β-unsaturated/α-hetero) is 1. The highest BCUT2D eigenvalue weighted by molar-refractivity contribution is 6.02. The van der Waals surface area contributed by atoms with Crippen LogP contribution in [0, 0.1) is 5.92 Å². The molecule has 0 atom stereocenters. The van der Waals surface area contributed by atoms with E-state index in [1.807, 2.05) is 38.1 Å². The summed E-state index contributed by atoms with van der Waals surface area (Å²) in [5.74, 6) is 1.24. The van der Waals surface area contributed by atoms with Crippen LogP contribution in [-0.4, -0.2) is 37.4 Å². The average Bonchev–Trinajstić information content (AvgIpc) is 3.36. The highest BCUT2D eigenvalue weighted by Crippen LogP contribution is 2.34. The molecule has 0 bridgehead atoms. The van der Waals surface area contributed by atoms with E-state index >= 15 is 0 Å². The quantitative estimate of drug-likeness (QED) is 0.423. The summed E-state index contributed by atoms with van der Waals surface area (Å²) in [5, 5.41) is 2.81. The number of nitrogens with zero attached hydrogens (tertiary/aromatic N) is 1. The molecule has 0 unspecified atom stereocenters. The van der Waals surface area contributed by atoms with Gasteiger partial charge in [-0.3, -0.25) is 19.3 Å². The second-order valence-electron chi connectivity index (χ2n) is 9.03. The molecule has 1 N–H and O–H groups in total. The lowest BCUT2D eigenvalue weighted by atomic mass is 10.1. The first-order chi connectivity index (χ1) is 17.3. The van der Waals surface area contributed by atoms with Crippen molar-refractivity contribution in [3.63, 3.8) is 0 Å². The van der Waals surface area contributed by atoms with Gasteiger partial charge in [-0.25, -0.2) is 0 Å². The van der Waals surface area contributed by atoms with Crippen LogP contribution in [-0.2, 0) is 17.8 Å². The van der Waals surface area contributed by atoms with E-state index < -0.39 is 0 Å². The number of amides is 2. The molecule has 8 nitrogen and oxygen atoms in total. The van der Waals surface area contributed by atoms with Crippen molar-refractivity contribution in [2.75, 3.05) is 24.7 Å². The molecule has 1 aliphatic rings. The van der Waals surface area contributed by atoms with Crippen molar-refractivity contribution in [3.05, 3.63) is 77.2 Å². The molecule has 8 heteroatoms. The van der Waals surface area contributed by atoms with Gasteiger partial charge >= 0.3 is 0 Å². The number of anilines is 1. The number of aryl methyl sites for hydroxylation is 1. The number of nitrogens with one attached hydrogen (secondary N) is 1. The monoisotopic (exact) mass is 490 g/mol. The molecule has 0 aliphatic carbocycles. The third-order valence-electron chi connectivity index (χ3n) is 5.80. The number of rotatable bonds is 10. The Balaban J connectivity index is 1.46. The first kappa shape index (κ1) is 25.0. The second kappa shape index (κ2) is 11.1. The molecule has 2 amide bonds. The molecule has 0 saturated heterocycles. The number of carbonyl (C=O) groups is 3. The Labute approximate surface area is 210 Å². The number of carbonyl (C=O) groups excluding carboxylic acids is 3. The minimum atomic E-state index is -0.305. The van der Waals surface area contributed by atoms with Crippen molar-refractivity contribution in [1.29, 1.82) is 0 Å². The lowest BCUT2D eigenvalue weighted by molar-refractivity contribution is -0.121. The first-order valence-corrected chi connectivity index (χ1v) is 12.0. The molecule has 0 spiro atoms. The molecule has 3 aromatic rings. The number of hydrogen-bond acceptors (Lipinski definition) is 6. The highest BCUT2D eigenvalue weighted by Gasteiger charge is 2.28. The Morgan fingerprint density at radius 2 is 1.86 bits per heavy atom. The largest absolute Gasteiger partial charge is 0.485 e. The fourth-order valence-corrected chi connectivity index (χ4v) is 3.73. The highest BCUT2D eigenvalue weighted by atomic mass is 16.5. The van der Waals surface area contributed by atoms with Crippen molar-refractivity contribution >= 4 is 23.3 Å². The first-order valence-electron chi connectivity index (χ1n) is 12.0. The van der Waals surface area contributed by atoms with Crippen molar-refractivity contribution < 1.29 is 28.3 Å². The van der Waals surface area contributed by atoms with Crippen LogP contribution in [0.15, 0.2) is 59.0 Å². The van der Waals surface area contributed by atoms with Crippen LogP contribution in [0.5, 0.6) is 11.5 Å². The lowest BCUT2D eigenvalue weighted by Crippen LogP contribution is -2.38. The standard InChI is InChI=1S/C28H30N2O6/c1-4-19-5-8-21(9-6-19)34-16-24(31)20-7-11-25-23(13-20)30(27(32)17-35-25)15-22-10-12-26(36-22)28(33)29-14-18(2)3/h5-13,18H,4,14-17H2,1-3H3,(H,29,33). The van der Waals surface area contributed by atoms with Crippen LogP contribution in [0.4, 0.5) is 5.69 Å². The lowest BCUT2D eigenvalue weighted by Gasteiger charge is -2.29. The Hall–Kier alpha value is -4.07. The number of ketones is 1. The van der Waals surface area contributed by atoms with Crippen LogP contribution in [0.3, 0.4) is 0 Å². The summed E-state index contributed by atoms with van der Waals surface area (Å²) in [7, 11) is 0. The Kier molecular flexibility index (Phi) is 7.73. The second-order valence-corrected chi connectivity index (χ2v) is 9.03. The number of fused-ring (bicyclic) bond motifs is 1. The fraction of sp³-hybridized carbons (Fsp3) is 0.321. The Morgan fingerprint density at radius 1 is 1.08 bits per heavy atom. The third kappa shape index (κ3) is 5.94. The van der Waals surface area contributed by atoms with E-state index in [2.05, 4.69) is 12.2 Å². The van der Waals surface area contributed by atoms with Gasteiger partial charge in [0.1, 0.15) is 17.3 Å². The topological polar surface area (TPSA) is 98.1 Å². The fourth-order valence-electron chi connectivity index (χ4n) is 3.73. The van der Waals surface area contributed by atoms with E-state index in [0.29, 0.717) is 41.0 Å². The normalized spacial score (nSPS) is 12.8. The zero-order valence-electron chi connectivity index (χ0n) is 20.7. The average molecular weight is 491 g/mol. The van der Waals surface area contributed by atoms with E-state index in [0.717, 1.165) is 6.42 Å². The van der Waals surface area contributed by atoms with Crippen molar-refractivity contribution in [2.24, 2.45) is 5.92 Å². The van der Waals surface area contributed by atoms with Gasteiger partial charge in [0.15, 0.2) is 24.8 Å². The molecule has 4 rings (SSSR count). The van der Waals surface area contributed by atoms with Crippen molar-refractivity contribution in [3.8, 4) is 11.5 Å². The number of hydrogen-bond donors (Lipinski definition) is 1. The molecule has 0 saturated carbocycles. The van der Waals surface area contributed by atoms with Crippen LogP contribution >= 0.6 is 0 Å². The summed E-state index contributed by atoms with van der Waals surface area (Å²) in [4.78, 5) is 39.3. The molecular formula is C28H30N2O6. The van der Waals surface area contributed by atoms with Gasteiger partial charge in [-0.1, -0.05) is 32.9 Å². The summed E-state index contributed by atoms with van der Waals surface area (Å²) in [6.45, 7) is 6.46. The third-order valence-corrected chi connectivity index (χ3v) is 5.80. The molecule has 1 aromatic heterocycles. The maximum atomic E-state index is 12.8. The summed E-state index contributed by atoms with van der Waals surface area (Å²) in [6.07, 6.45) is 0.927. The zero-order chi connectivity index (χ0) is 25.7. The number of benzene rings is 2. The molecule has 2 heterocycles. The van der Waals surface area contributed by atoms with E-state index in [1.54, 1.807) is 30.3 Å². The maximum absolute atomic E-state index is 12.8. The Bertz CT molecular complexity index is 1250. The van der Waals surface area contributed by atoms with E-state index in [9.17, 15) is 14.4 Å². The summed E-state index contributed by atoms with van der Waals surface area (Å²) >= 11 is 0. The van der Waals surface area contributed by atoms with E-state index in [1.165, 1.54) is 10.5 Å². The van der Waals surface area contributed by atoms with Gasteiger partial charge in [0.05, 0.1) is 12.2 Å². The molecule has 1 aliphatic heterocycles. The summed E-state index contributed by atoms with van der Waals surface area (Å²) in [6, 6.07) is 15.8. The predicted octanol–water partition coefficient (Wildman–Crippen LogP) is 4.42. The molecular weight excluding hydrogens is 460 g/mol. The minimum absolute atomic E-state index is 0.102. The van der Waals surface area contributed by atoms with Gasteiger partial charge < -0.3 is 19.2 Å². The van der Waals surface area contributed by atoms with Gasteiger partial charge in [0, 0.05) is 12.1 Å². The van der Waals surface area contributed by atoms with E-state index in [4.69, 9.17) is 13.9 Å². The van der Waals surface area contributed by atoms with Crippen LogP contribution in [0.1, 0.15) is 53.0 Å². The van der Waals surface area contributed by atoms with Gasteiger partial charge in [0.2, 0.25) is 0 Å². The maximum Gasteiger partial charge on any atom is 0.287 e. The van der Waals surface area contributed by atoms with E-state index in [-0.39, 0.29) is 43.1 Å². The van der Waals surface area contributed by atoms with Gasteiger partial charge in [-0.2, -0.15) is 0 Å². The Morgan fingerprint density at radius 3 is 2.58 bits per heavy atom. The molecule has 36 heavy (non-hydrogen) atoms. The van der Waals surface area contributed by atoms with Crippen molar-refractivity contribution in [1.82, 2.24) is 5.32 Å². The number of furan rings is 1. The molecule has 2 aromatic carbocycles. The van der Waals surface area contributed by atoms with Gasteiger partial charge in [0.25, 0.3) is 11.8 Å². The van der Waals surface area contributed by atoms with Crippen LogP contribution in [0.25, 0.3) is 0 Å². The summed E-state index contributed by atoms with van der Waals surface area (Å²) in [5.41, 5.74) is 2.05. The van der Waals surface area contributed by atoms with Crippen LogP contribution < -0.4 is 19.7 Å². The predicted molar refractivity (Wildman–Crippen MR) is 135 cm³/mol. The molecule has 0 radical (unpaired) electrons. The SMILES string of the molecule is CCc1ccc(OCC(=O)c2ccc3c(c2)N(Cc2ccc(C(=O)NCC(C)C)o2)C(=O)CO3)cc1. The van der Waals surface area contributed by atoms with Gasteiger partial charge in [-0.15, -0.1) is 0 Å². The number of ether oxygens (including phenoxy) is 2. The smallest absolute Gasteiger partial charge is 0.287 e. The molecule has 188 valence electrons. The van der Waals surface area contributed by atoms with Gasteiger partial charge in [-0.05, 0) is 60.4 Å².